The molecule has 0 aliphatic heterocycles. The van der Waals surface area contributed by atoms with Gasteiger partial charge in [0.25, 0.3) is 5.56 Å². The summed E-state index contributed by atoms with van der Waals surface area (Å²) in [5.41, 5.74) is 0.732. The van der Waals surface area contributed by atoms with E-state index < -0.39 is 30.5 Å². The summed E-state index contributed by atoms with van der Waals surface area (Å²) in [6, 6.07) is 13.6. The second kappa shape index (κ2) is 10.0. The number of aryl methyl sites for hydroxylation is 1. The number of hydrogen-bond acceptors (Lipinski definition) is 8. The van der Waals surface area contributed by atoms with E-state index in [1.165, 1.54) is 18.4 Å². The quantitative estimate of drug-likeness (QED) is 0.341. The van der Waals surface area contributed by atoms with Crippen molar-refractivity contribution in [3.05, 3.63) is 69.0 Å². The largest absolute Gasteiger partial charge is 0.396 e. The molecule has 8 nitrogen and oxygen atoms in total. The fraction of sp³-hybridized carbons (Fsp3) is 0.360. The van der Waals surface area contributed by atoms with Crippen LogP contribution in [0.1, 0.15) is 29.5 Å². The lowest BCUT2D eigenvalue weighted by Crippen LogP contribution is -2.25. The molecule has 1 unspecified atom stereocenters. The molecule has 2 aromatic carbocycles. The molecule has 36 heavy (non-hydrogen) atoms. The Balaban J connectivity index is 2.01. The van der Waals surface area contributed by atoms with Gasteiger partial charge in [0.05, 0.1) is 31.7 Å². The Morgan fingerprint density at radius 2 is 1.78 bits per heavy atom. The van der Waals surface area contributed by atoms with Crippen LogP contribution in [0.25, 0.3) is 20.9 Å². The van der Waals surface area contributed by atoms with Crippen LogP contribution in [-0.4, -0.2) is 55.6 Å². The SMILES string of the molecule is CC(Cc1nn(C)c(=O)c2c(S(=O)(=O)CCCO)c(Cc3cccc4ccccc34)sc12)S(C)(=O)=O. The number of aromatic nitrogens is 2. The third-order valence-electron chi connectivity index (χ3n) is 6.30. The van der Waals surface area contributed by atoms with Crippen molar-refractivity contribution in [2.45, 2.75) is 36.3 Å². The van der Waals surface area contributed by atoms with Gasteiger partial charge in [0.1, 0.15) is 9.84 Å². The average Bonchev–Trinajstić information content (AvgIpc) is 3.21. The van der Waals surface area contributed by atoms with Crippen LogP contribution in [0.4, 0.5) is 0 Å². The Hall–Kier alpha value is -2.60. The first kappa shape index (κ1) is 26.5. The van der Waals surface area contributed by atoms with E-state index >= 15 is 0 Å². The van der Waals surface area contributed by atoms with E-state index in [0.717, 1.165) is 27.3 Å². The summed E-state index contributed by atoms with van der Waals surface area (Å²) in [4.78, 5) is 13.7. The van der Waals surface area contributed by atoms with Gasteiger partial charge in [-0.05, 0) is 29.7 Å². The molecule has 4 rings (SSSR count). The first-order valence-corrected chi connectivity index (χ1v) is 15.9. The van der Waals surface area contributed by atoms with Gasteiger partial charge < -0.3 is 5.11 Å². The minimum absolute atomic E-state index is 0.0384. The van der Waals surface area contributed by atoms with E-state index in [4.69, 9.17) is 0 Å². The lowest BCUT2D eigenvalue weighted by Gasteiger charge is -2.11. The third kappa shape index (κ3) is 5.10. The van der Waals surface area contributed by atoms with Crippen molar-refractivity contribution in [3.8, 4) is 0 Å². The van der Waals surface area contributed by atoms with Crippen LogP contribution in [0.3, 0.4) is 0 Å². The molecule has 1 N–H and O–H groups in total. The number of aliphatic hydroxyl groups excluding tert-OH is 1. The highest BCUT2D eigenvalue weighted by Crippen LogP contribution is 2.38. The highest BCUT2D eigenvalue weighted by atomic mass is 32.2. The molecular formula is C25H28N2O6S3. The van der Waals surface area contributed by atoms with E-state index in [-0.39, 0.29) is 41.9 Å². The first-order chi connectivity index (χ1) is 16.9. The molecule has 0 spiro atoms. The number of fused-ring (bicyclic) bond motifs is 2. The highest BCUT2D eigenvalue weighted by Gasteiger charge is 2.30. The van der Waals surface area contributed by atoms with E-state index in [2.05, 4.69) is 5.10 Å². The molecule has 4 aromatic rings. The fourth-order valence-corrected chi connectivity index (χ4v) is 8.14. The summed E-state index contributed by atoms with van der Waals surface area (Å²) in [7, 11) is -5.88. The number of thiophene rings is 1. The molecule has 0 radical (unpaired) electrons. The van der Waals surface area contributed by atoms with Gasteiger partial charge in [-0.3, -0.25) is 4.79 Å². The van der Waals surface area contributed by atoms with Gasteiger partial charge in [0, 0.05) is 37.6 Å². The summed E-state index contributed by atoms with van der Waals surface area (Å²) in [6.07, 6.45) is 1.51. The Labute approximate surface area is 214 Å². The van der Waals surface area contributed by atoms with E-state index in [9.17, 15) is 26.7 Å². The summed E-state index contributed by atoms with van der Waals surface area (Å²) in [5.74, 6) is -0.307. The van der Waals surface area contributed by atoms with Gasteiger partial charge in [0.2, 0.25) is 0 Å². The van der Waals surface area contributed by atoms with Crippen LogP contribution in [0.15, 0.2) is 52.2 Å². The van der Waals surface area contributed by atoms with Gasteiger partial charge in [-0.25, -0.2) is 21.5 Å². The predicted molar refractivity (Wildman–Crippen MR) is 143 cm³/mol. The van der Waals surface area contributed by atoms with Crippen molar-refractivity contribution >= 4 is 51.9 Å². The second-order valence-electron chi connectivity index (χ2n) is 8.99. The van der Waals surface area contributed by atoms with Crippen LogP contribution in [0, 0.1) is 0 Å². The Morgan fingerprint density at radius 1 is 1.08 bits per heavy atom. The van der Waals surface area contributed by atoms with Crippen molar-refractivity contribution in [2.75, 3.05) is 18.6 Å². The average molecular weight is 549 g/mol. The zero-order chi connectivity index (χ0) is 26.3. The Kier molecular flexibility index (Phi) is 7.38. The number of sulfone groups is 2. The van der Waals surface area contributed by atoms with Crippen LogP contribution in [0.5, 0.6) is 0 Å². The molecule has 11 heteroatoms. The molecule has 2 aromatic heterocycles. The topological polar surface area (TPSA) is 123 Å². The molecule has 0 bridgehead atoms. The normalized spacial score (nSPS) is 13.4. The van der Waals surface area contributed by atoms with Gasteiger partial charge in [-0.15, -0.1) is 11.3 Å². The summed E-state index contributed by atoms with van der Waals surface area (Å²) in [5, 5.41) is 14.9. The van der Waals surface area contributed by atoms with E-state index in [0.29, 0.717) is 15.3 Å². The Bertz CT molecular complexity index is 1710. The smallest absolute Gasteiger partial charge is 0.276 e. The maximum absolute atomic E-state index is 13.5. The molecule has 0 amide bonds. The number of nitrogens with zero attached hydrogens (tertiary/aromatic N) is 2. The van der Waals surface area contributed by atoms with Crippen LogP contribution < -0.4 is 5.56 Å². The molecule has 192 valence electrons. The molecule has 1 atom stereocenters. The lowest BCUT2D eigenvalue weighted by molar-refractivity contribution is 0.295. The maximum Gasteiger partial charge on any atom is 0.276 e. The molecule has 0 aliphatic carbocycles. The second-order valence-corrected chi connectivity index (χ2v) is 14.6. The minimum atomic E-state index is -3.93. The first-order valence-electron chi connectivity index (χ1n) is 11.4. The molecule has 0 saturated heterocycles. The number of hydrogen-bond donors (Lipinski definition) is 1. The van der Waals surface area contributed by atoms with Gasteiger partial charge in [-0.2, -0.15) is 5.10 Å². The summed E-state index contributed by atoms with van der Waals surface area (Å²) in [6.45, 7) is 1.27. The molecular weight excluding hydrogens is 520 g/mol. The molecule has 0 aliphatic rings. The maximum atomic E-state index is 13.5. The Morgan fingerprint density at radius 3 is 2.47 bits per heavy atom. The zero-order valence-electron chi connectivity index (χ0n) is 20.3. The van der Waals surface area contributed by atoms with Crippen LogP contribution in [-0.2, 0) is 39.6 Å². The standard InChI is InChI=1S/C25H28N2O6S3/c1-16(35(3,30)31)14-20-23-22(25(29)27(2)26-20)24(36(32,33)13-7-12-28)21(34-23)15-18-10-6-9-17-8-4-5-11-19(17)18/h4-6,8-11,16,28H,7,12-15H2,1-3H3. The lowest BCUT2D eigenvalue weighted by atomic mass is 10.0. The zero-order valence-corrected chi connectivity index (χ0v) is 22.7. The van der Waals surface area contributed by atoms with Crippen LogP contribution in [0.2, 0.25) is 0 Å². The van der Waals surface area contributed by atoms with Crippen molar-refractivity contribution < 1.29 is 21.9 Å². The van der Waals surface area contributed by atoms with Gasteiger partial charge in [0.15, 0.2) is 9.84 Å². The number of aliphatic hydroxyl groups is 1. The molecule has 2 heterocycles. The summed E-state index contributed by atoms with van der Waals surface area (Å²) >= 11 is 1.18. The molecule has 0 fully saturated rings. The van der Waals surface area contributed by atoms with E-state index in [1.54, 1.807) is 6.92 Å². The number of rotatable bonds is 9. The van der Waals surface area contributed by atoms with Crippen LogP contribution >= 0.6 is 11.3 Å². The van der Waals surface area contributed by atoms with Crippen molar-refractivity contribution in [1.82, 2.24) is 9.78 Å². The van der Waals surface area contributed by atoms with Gasteiger partial charge >= 0.3 is 0 Å². The predicted octanol–water partition coefficient (Wildman–Crippen LogP) is 2.87. The third-order valence-corrected chi connectivity index (χ3v) is 11.2. The molecule has 0 saturated carbocycles. The van der Waals surface area contributed by atoms with Crippen molar-refractivity contribution in [2.24, 2.45) is 7.05 Å². The van der Waals surface area contributed by atoms with E-state index in [1.807, 2.05) is 42.5 Å². The monoisotopic (exact) mass is 548 g/mol. The van der Waals surface area contributed by atoms with Crippen molar-refractivity contribution in [1.29, 1.82) is 0 Å². The van der Waals surface area contributed by atoms with Gasteiger partial charge in [-0.1, -0.05) is 42.5 Å². The van der Waals surface area contributed by atoms with Crippen molar-refractivity contribution in [3.63, 3.8) is 0 Å². The fourth-order valence-electron chi connectivity index (χ4n) is 4.27. The summed E-state index contributed by atoms with van der Waals surface area (Å²) < 4.78 is 52.8. The number of benzene rings is 2. The highest BCUT2D eigenvalue weighted by molar-refractivity contribution is 7.92. The minimum Gasteiger partial charge on any atom is -0.396 e.